The molecule has 10 rings (SSSR count). The van der Waals surface area contributed by atoms with Gasteiger partial charge in [0.15, 0.2) is 0 Å². The predicted octanol–water partition coefficient (Wildman–Crippen LogP) is 11.5. The Morgan fingerprint density at radius 3 is 2.23 bits per heavy atom. The van der Waals surface area contributed by atoms with Crippen LogP contribution in [0.5, 0.6) is 5.75 Å². The number of phenolic OH excluding ortho intramolecular Hbond substituents is 1. The van der Waals surface area contributed by atoms with Gasteiger partial charge in [-0.1, -0.05) is 85.0 Å². The molecular weight excluding hydrogens is 605 g/mol. The van der Waals surface area contributed by atoms with Gasteiger partial charge < -0.3 is 14.2 Å². The zero-order chi connectivity index (χ0) is 31.8. The Bertz CT molecular complexity index is 2620. The van der Waals surface area contributed by atoms with E-state index >= 15 is 0 Å². The second-order valence-corrected chi connectivity index (χ2v) is 13.9. The lowest BCUT2D eigenvalue weighted by Gasteiger charge is -2.16. The first-order valence-electron chi connectivity index (χ1n) is 16.4. The molecule has 3 heterocycles. The number of rotatable bonds is 4. The molecule has 0 bridgehead atoms. The fourth-order valence-corrected chi connectivity index (χ4v) is 8.99. The number of para-hydroxylation sites is 1. The van der Waals surface area contributed by atoms with Crippen molar-refractivity contribution in [2.45, 2.75) is 16.1 Å². The average Bonchev–Trinajstić information content (AvgIpc) is 3.83. The van der Waals surface area contributed by atoms with E-state index in [1.165, 1.54) is 48.9 Å². The molecule has 6 aromatic carbocycles. The monoisotopic (exact) mass is 634 g/mol. The summed E-state index contributed by atoms with van der Waals surface area (Å²) < 4.78 is 4.71. The maximum atomic E-state index is 10.8. The standard InChI is InChI=1S/C44H30N2OS/c47-42-20-15-31(24-35(42)28-8-2-1-3-9-28)30-14-18-40-36(25-30)37-26-32(45-23-22-29-10-4-6-12-39(29)45)16-19-41(37)46(40)33-17-21-44-38(27-33)34-11-5-7-13-43(34)48-44/h1-27,34,43,47H. The lowest BCUT2D eigenvalue weighted by molar-refractivity contribution is 0.477. The van der Waals surface area contributed by atoms with E-state index < -0.39 is 0 Å². The Balaban J connectivity index is 1.19. The molecule has 1 aliphatic heterocycles. The molecule has 2 atom stereocenters. The third kappa shape index (κ3) is 4.23. The zero-order valence-corrected chi connectivity index (χ0v) is 26.8. The molecule has 48 heavy (non-hydrogen) atoms. The van der Waals surface area contributed by atoms with Crippen LogP contribution in [0.1, 0.15) is 11.5 Å². The van der Waals surface area contributed by atoms with Crippen LogP contribution >= 0.6 is 11.8 Å². The molecule has 0 amide bonds. The Labute approximate surface area is 282 Å². The number of allylic oxidation sites excluding steroid dienone is 3. The largest absolute Gasteiger partial charge is 0.507 e. The van der Waals surface area contributed by atoms with Gasteiger partial charge in [-0.3, -0.25) is 0 Å². The summed E-state index contributed by atoms with van der Waals surface area (Å²) in [6, 6.07) is 47.4. The Kier molecular flexibility index (Phi) is 6.09. The second kappa shape index (κ2) is 10.7. The van der Waals surface area contributed by atoms with Gasteiger partial charge in [-0.05, 0) is 100 Å². The first kappa shape index (κ1) is 27.4. The van der Waals surface area contributed by atoms with E-state index in [1.807, 2.05) is 54.2 Å². The highest BCUT2D eigenvalue weighted by atomic mass is 32.2. The molecule has 0 saturated carbocycles. The number of phenols is 1. The fourth-order valence-electron chi connectivity index (χ4n) is 7.66. The summed E-state index contributed by atoms with van der Waals surface area (Å²) >= 11 is 1.97. The summed E-state index contributed by atoms with van der Waals surface area (Å²) in [4.78, 5) is 1.37. The van der Waals surface area contributed by atoms with Crippen LogP contribution in [0.15, 0.2) is 169 Å². The van der Waals surface area contributed by atoms with Crippen LogP contribution in [0, 0.1) is 0 Å². The third-order valence-electron chi connectivity index (χ3n) is 10.00. The van der Waals surface area contributed by atoms with Gasteiger partial charge in [0.25, 0.3) is 0 Å². The summed E-state index contributed by atoms with van der Waals surface area (Å²) in [5, 5.41) is 14.9. The van der Waals surface area contributed by atoms with Gasteiger partial charge in [-0.15, -0.1) is 11.8 Å². The van der Waals surface area contributed by atoms with Gasteiger partial charge in [-0.2, -0.15) is 0 Å². The quantitative estimate of drug-likeness (QED) is 0.209. The molecule has 0 radical (unpaired) electrons. The lowest BCUT2D eigenvalue weighted by Crippen LogP contribution is -2.07. The van der Waals surface area contributed by atoms with Crippen molar-refractivity contribution < 1.29 is 5.11 Å². The first-order chi connectivity index (χ1) is 23.7. The zero-order valence-electron chi connectivity index (χ0n) is 26.0. The predicted molar refractivity (Wildman–Crippen MR) is 201 cm³/mol. The molecule has 228 valence electrons. The van der Waals surface area contributed by atoms with Gasteiger partial charge >= 0.3 is 0 Å². The number of aromatic nitrogens is 2. The van der Waals surface area contributed by atoms with E-state index in [-0.39, 0.29) is 5.75 Å². The van der Waals surface area contributed by atoms with E-state index in [1.54, 1.807) is 0 Å². The van der Waals surface area contributed by atoms with E-state index in [2.05, 4.69) is 131 Å². The van der Waals surface area contributed by atoms with Crippen LogP contribution in [0.25, 0.3) is 66.3 Å². The van der Waals surface area contributed by atoms with Crippen molar-refractivity contribution in [3.63, 3.8) is 0 Å². The van der Waals surface area contributed by atoms with Gasteiger partial charge in [-0.25, -0.2) is 0 Å². The summed E-state index contributed by atoms with van der Waals surface area (Å²) in [7, 11) is 0. The Hall–Kier alpha value is -5.71. The van der Waals surface area contributed by atoms with Crippen molar-refractivity contribution >= 4 is 44.5 Å². The minimum atomic E-state index is 0.284. The molecule has 0 saturated heterocycles. The highest BCUT2D eigenvalue weighted by Crippen LogP contribution is 2.49. The van der Waals surface area contributed by atoms with E-state index in [0.29, 0.717) is 11.2 Å². The lowest BCUT2D eigenvalue weighted by atomic mass is 9.92. The number of aromatic hydroxyl groups is 1. The molecule has 3 nitrogen and oxygen atoms in total. The van der Waals surface area contributed by atoms with E-state index in [4.69, 9.17) is 0 Å². The highest BCUT2D eigenvalue weighted by molar-refractivity contribution is 8.00. The smallest absolute Gasteiger partial charge is 0.123 e. The van der Waals surface area contributed by atoms with Gasteiger partial charge in [0.1, 0.15) is 5.75 Å². The summed E-state index contributed by atoms with van der Waals surface area (Å²) in [6.07, 6.45) is 11.2. The maximum absolute atomic E-state index is 10.8. The van der Waals surface area contributed by atoms with Crippen LogP contribution < -0.4 is 0 Å². The van der Waals surface area contributed by atoms with E-state index in [0.717, 1.165) is 27.9 Å². The summed E-state index contributed by atoms with van der Waals surface area (Å²) in [5.41, 5.74) is 11.3. The Morgan fingerprint density at radius 1 is 0.562 bits per heavy atom. The SMILES string of the molecule is Oc1ccc(-c2ccc3c(c2)c2cc(-n4ccc5ccccc54)ccc2n3-c2ccc3c(c2)C2C=CC=CC2S3)cc1-c1ccccc1. The Morgan fingerprint density at radius 2 is 1.31 bits per heavy atom. The normalized spacial score (nSPS) is 16.6. The van der Waals surface area contributed by atoms with Crippen molar-refractivity contribution in [2.24, 2.45) is 0 Å². The fraction of sp³-hybridized carbons (Fsp3) is 0.0455. The van der Waals surface area contributed by atoms with Crippen molar-refractivity contribution in [3.8, 4) is 39.4 Å². The third-order valence-corrected chi connectivity index (χ3v) is 11.3. The summed E-state index contributed by atoms with van der Waals surface area (Å²) in [6.45, 7) is 0. The van der Waals surface area contributed by atoms with Crippen molar-refractivity contribution in [3.05, 3.63) is 170 Å². The topological polar surface area (TPSA) is 30.1 Å². The number of benzene rings is 6. The number of hydrogen-bond donors (Lipinski definition) is 1. The maximum Gasteiger partial charge on any atom is 0.123 e. The average molecular weight is 635 g/mol. The minimum absolute atomic E-state index is 0.284. The highest BCUT2D eigenvalue weighted by Gasteiger charge is 2.31. The molecule has 1 N–H and O–H groups in total. The van der Waals surface area contributed by atoms with Crippen LogP contribution in [0.3, 0.4) is 0 Å². The molecule has 2 unspecified atom stereocenters. The number of hydrogen-bond acceptors (Lipinski definition) is 2. The first-order valence-corrected chi connectivity index (χ1v) is 17.3. The van der Waals surface area contributed by atoms with Crippen molar-refractivity contribution in [1.29, 1.82) is 0 Å². The van der Waals surface area contributed by atoms with Crippen molar-refractivity contribution in [1.82, 2.24) is 9.13 Å². The molecule has 4 heteroatoms. The minimum Gasteiger partial charge on any atom is -0.507 e. The molecule has 0 fully saturated rings. The number of nitrogens with zero attached hydrogens (tertiary/aromatic N) is 2. The molecule has 8 aromatic rings. The van der Waals surface area contributed by atoms with Crippen molar-refractivity contribution in [2.75, 3.05) is 0 Å². The van der Waals surface area contributed by atoms with Crippen LogP contribution in [0.2, 0.25) is 0 Å². The second-order valence-electron chi connectivity index (χ2n) is 12.7. The van der Waals surface area contributed by atoms with Gasteiger partial charge in [0, 0.05) is 50.0 Å². The van der Waals surface area contributed by atoms with Crippen LogP contribution in [-0.2, 0) is 0 Å². The van der Waals surface area contributed by atoms with Gasteiger partial charge in [0.05, 0.1) is 16.6 Å². The molecule has 1 aliphatic carbocycles. The number of thioether (sulfide) groups is 1. The van der Waals surface area contributed by atoms with Crippen LogP contribution in [-0.4, -0.2) is 19.5 Å². The molecule has 2 aliphatic rings. The molecule has 0 spiro atoms. The van der Waals surface area contributed by atoms with E-state index in [9.17, 15) is 5.11 Å². The van der Waals surface area contributed by atoms with Crippen LogP contribution in [0.4, 0.5) is 0 Å². The number of fused-ring (bicyclic) bond motifs is 7. The van der Waals surface area contributed by atoms with Gasteiger partial charge in [0.2, 0.25) is 0 Å². The molecular formula is C44H30N2OS. The molecule has 2 aromatic heterocycles. The summed E-state index contributed by atoms with van der Waals surface area (Å²) in [5.74, 6) is 0.683.